The highest BCUT2D eigenvalue weighted by Gasteiger charge is 2.38. The van der Waals surface area contributed by atoms with Crippen molar-refractivity contribution in [3.05, 3.63) is 53.6 Å². The lowest BCUT2D eigenvalue weighted by molar-refractivity contribution is -0.137. The van der Waals surface area contributed by atoms with E-state index < -0.39 is 23.5 Å². The van der Waals surface area contributed by atoms with Crippen molar-refractivity contribution in [1.29, 1.82) is 0 Å². The molecule has 10 heteroatoms. The van der Waals surface area contributed by atoms with E-state index in [0.29, 0.717) is 30.3 Å². The van der Waals surface area contributed by atoms with Gasteiger partial charge in [-0.15, -0.1) is 0 Å². The summed E-state index contributed by atoms with van der Waals surface area (Å²) in [6.45, 7) is 1.39. The van der Waals surface area contributed by atoms with Crippen molar-refractivity contribution in [2.75, 3.05) is 51.8 Å². The van der Waals surface area contributed by atoms with Crippen molar-refractivity contribution in [3.63, 3.8) is 0 Å². The van der Waals surface area contributed by atoms with Gasteiger partial charge in [0.05, 0.1) is 20.1 Å². The minimum atomic E-state index is -1.08. The van der Waals surface area contributed by atoms with Crippen LogP contribution in [0.15, 0.2) is 36.4 Å². The SMILES string of the molecule is COc1ccc(N2CC(C(=O)N3CCN(C(=O)c4ccc(F)c(F)c4)CC3)CC2=O)cc1OC. The Kier molecular flexibility index (Phi) is 6.67. The summed E-state index contributed by atoms with van der Waals surface area (Å²) in [5.41, 5.74) is 0.686. The van der Waals surface area contributed by atoms with Crippen LogP contribution in [0.25, 0.3) is 0 Å². The number of benzene rings is 2. The Hall–Kier alpha value is -3.69. The van der Waals surface area contributed by atoms with Gasteiger partial charge in [-0.05, 0) is 30.3 Å². The first-order valence-corrected chi connectivity index (χ1v) is 10.9. The fraction of sp³-hybridized carbons (Fsp3) is 0.375. The summed E-state index contributed by atoms with van der Waals surface area (Å²) in [5, 5.41) is 0. The number of amides is 3. The van der Waals surface area contributed by atoms with Crippen LogP contribution in [-0.2, 0) is 9.59 Å². The number of carbonyl (C=O) groups is 3. The molecule has 3 amide bonds. The molecule has 0 aliphatic carbocycles. The van der Waals surface area contributed by atoms with Crippen LogP contribution in [0.2, 0.25) is 0 Å². The van der Waals surface area contributed by atoms with Gasteiger partial charge in [-0.1, -0.05) is 0 Å². The molecule has 1 unspecified atom stereocenters. The predicted molar refractivity (Wildman–Crippen MR) is 119 cm³/mol. The highest BCUT2D eigenvalue weighted by Crippen LogP contribution is 2.34. The summed E-state index contributed by atoms with van der Waals surface area (Å²) < 4.78 is 37.2. The van der Waals surface area contributed by atoms with Crippen LogP contribution < -0.4 is 14.4 Å². The van der Waals surface area contributed by atoms with E-state index in [-0.39, 0.29) is 43.4 Å². The molecule has 1 atom stereocenters. The van der Waals surface area contributed by atoms with Crippen molar-refractivity contribution in [2.45, 2.75) is 6.42 Å². The van der Waals surface area contributed by atoms with Crippen LogP contribution >= 0.6 is 0 Å². The van der Waals surface area contributed by atoms with E-state index in [9.17, 15) is 23.2 Å². The van der Waals surface area contributed by atoms with Gasteiger partial charge in [0.1, 0.15) is 0 Å². The monoisotopic (exact) mass is 473 g/mol. The number of halogens is 2. The van der Waals surface area contributed by atoms with E-state index in [1.54, 1.807) is 28.0 Å². The normalized spacial score (nSPS) is 18.3. The van der Waals surface area contributed by atoms with Gasteiger partial charge >= 0.3 is 0 Å². The Labute approximate surface area is 195 Å². The lowest BCUT2D eigenvalue weighted by Gasteiger charge is -2.36. The summed E-state index contributed by atoms with van der Waals surface area (Å²) in [6, 6.07) is 8.19. The molecular weight excluding hydrogens is 448 g/mol. The van der Waals surface area contributed by atoms with E-state index in [4.69, 9.17) is 9.47 Å². The third kappa shape index (κ3) is 4.52. The second-order valence-corrected chi connectivity index (χ2v) is 8.19. The molecule has 0 saturated carbocycles. The fourth-order valence-electron chi connectivity index (χ4n) is 4.32. The first-order chi connectivity index (χ1) is 16.3. The zero-order chi connectivity index (χ0) is 24.4. The molecule has 2 aliphatic heterocycles. The lowest BCUT2D eigenvalue weighted by atomic mass is 10.1. The van der Waals surface area contributed by atoms with E-state index in [2.05, 4.69) is 0 Å². The highest BCUT2D eigenvalue weighted by molar-refractivity contribution is 6.00. The molecule has 0 radical (unpaired) electrons. The topological polar surface area (TPSA) is 79.4 Å². The maximum absolute atomic E-state index is 13.5. The average Bonchev–Trinajstić information content (AvgIpc) is 3.25. The first-order valence-electron chi connectivity index (χ1n) is 10.9. The lowest BCUT2D eigenvalue weighted by Crippen LogP contribution is -2.52. The Morgan fingerprint density at radius 2 is 1.56 bits per heavy atom. The minimum Gasteiger partial charge on any atom is -0.493 e. The Bertz CT molecular complexity index is 1120. The minimum absolute atomic E-state index is 0.0608. The quantitative estimate of drug-likeness (QED) is 0.666. The number of hydrogen-bond donors (Lipinski definition) is 0. The van der Waals surface area contributed by atoms with Gasteiger partial charge in [-0.25, -0.2) is 8.78 Å². The first kappa shape index (κ1) is 23.5. The molecule has 34 heavy (non-hydrogen) atoms. The molecule has 180 valence electrons. The number of hydrogen-bond acceptors (Lipinski definition) is 5. The van der Waals surface area contributed by atoms with Gasteiger partial charge in [0.15, 0.2) is 23.1 Å². The van der Waals surface area contributed by atoms with Crippen LogP contribution in [0.4, 0.5) is 14.5 Å². The van der Waals surface area contributed by atoms with Crippen LogP contribution in [0.1, 0.15) is 16.8 Å². The Morgan fingerprint density at radius 3 is 2.21 bits per heavy atom. The second-order valence-electron chi connectivity index (χ2n) is 8.19. The van der Waals surface area contributed by atoms with Crippen LogP contribution in [0, 0.1) is 17.6 Å². The third-order valence-corrected chi connectivity index (χ3v) is 6.20. The number of anilines is 1. The smallest absolute Gasteiger partial charge is 0.254 e. The summed E-state index contributed by atoms with van der Waals surface area (Å²) in [7, 11) is 3.04. The number of ether oxygens (including phenoxy) is 2. The summed E-state index contributed by atoms with van der Waals surface area (Å²) in [6.07, 6.45) is 0.0984. The number of nitrogens with zero attached hydrogens (tertiary/aromatic N) is 3. The van der Waals surface area contributed by atoms with Gasteiger partial charge in [0.25, 0.3) is 5.91 Å². The van der Waals surface area contributed by atoms with Gasteiger partial charge < -0.3 is 24.2 Å². The van der Waals surface area contributed by atoms with Crippen molar-refractivity contribution in [3.8, 4) is 11.5 Å². The summed E-state index contributed by atoms with van der Waals surface area (Å²) in [5.74, 6) is -2.26. The maximum atomic E-state index is 13.5. The fourth-order valence-corrected chi connectivity index (χ4v) is 4.32. The molecule has 2 heterocycles. The molecule has 4 rings (SSSR count). The molecule has 8 nitrogen and oxygen atoms in total. The second kappa shape index (κ2) is 9.66. The van der Waals surface area contributed by atoms with Crippen molar-refractivity contribution in [2.24, 2.45) is 5.92 Å². The molecule has 2 saturated heterocycles. The molecule has 0 bridgehead atoms. The van der Waals surface area contributed by atoms with Crippen molar-refractivity contribution < 1.29 is 32.6 Å². The molecule has 0 N–H and O–H groups in total. The van der Waals surface area contributed by atoms with Gasteiger partial charge in [-0.2, -0.15) is 0 Å². The molecule has 2 fully saturated rings. The zero-order valence-corrected chi connectivity index (χ0v) is 18.9. The summed E-state index contributed by atoms with van der Waals surface area (Å²) >= 11 is 0. The molecule has 2 aromatic carbocycles. The van der Waals surface area contributed by atoms with Gasteiger partial charge in [0, 0.05) is 56.5 Å². The van der Waals surface area contributed by atoms with Gasteiger partial charge in [-0.3, -0.25) is 14.4 Å². The summed E-state index contributed by atoms with van der Waals surface area (Å²) in [4.78, 5) is 43.0. The van der Waals surface area contributed by atoms with Crippen LogP contribution in [-0.4, -0.2) is 74.5 Å². The maximum Gasteiger partial charge on any atom is 0.254 e. The van der Waals surface area contributed by atoms with Gasteiger partial charge in [0.2, 0.25) is 11.8 Å². The number of rotatable bonds is 5. The highest BCUT2D eigenvalue weighted by atomic mass is 19.2. The predicted octanol–water partition coefficient (Wildman–Crippen LogP) is 2.32. The van der Waals surface area contributed by atoms with Crippen molar-refractivity contribution in [1.82, 2.24) is 9.80 Å². The van der Waals surface area contributed by atoms with Crippen LogP contribution in [0.5, 0.6) is 11.5 Å². The van der Waals surface area contributed by atoms with E-state index in [0.717, 1.165) is 12.1 Å². The average molecular weight is 473 g/mol. The number of piperazine rings is 1. The molecule has 0 spiro atoms. The van der Waals surface area contributed by atoms with E-state index in [1.807, 2.05) is 0 Å². The number of carbonyl (C=O) groups excluding carboxylic acids is 3. The Balaban J connectivity index is 1.37. The standard InChI is InChI=1S/C24H25F2N3O5/c1-33-20-6-4-17(13-21(20)34-2)29-14-16(12-22(29)30)24(32)28-9-7-27(8-10-28)23(31)15-3-5-18(25)19(26)11-15/h3-6,11,13,16H,7-10,12,14H2,1-2H3. The number of methoxy groups -OCH3 is 2. The molecular formula is C24H25F2N3O5. The largest absolute Gasteiger partial charge is 0.493 e. The molecule has 2 aliphatic rings. The Morgan fingerprint density at radius 1 is 0.882 bits per heavy atom. The third-order valence-electron chi connectivity index (χ3n) is 6.20. The molecule has 0 aromatic heterocycles. The van der Waals surface area contributed by atoms with E-state index >= 15 is 0 Å². The zero-order valence-electron chi connectivity index (χ0n) is 18.9. The van der Waals surface area contributed by atoms with E-state index in [1.165, 1.54) is 25.2 Å². The van der Waals surface area contributed by atoms with Crippen molar-refractivity contribution >= 4 is 23.4 Å². The molecule has 2 aromatic rings. The van der Waals surface area contributed by atoms with Crippen LogP contribution in [0.3, 0.4) is 0 Å².